The van der Waals surface area contributed by atoms with Crippen LogP contribution in [0.15, 0.2) is 11.4 Å². The summed E-state index contributed by atoms with van der Waals surface area (Å²) in [6.07, 6.45) is 0. The number of nitrogen functional groups attached to an aromatic ring is 1. The summed E-state index contributed by atoms with van der Waals surface area (Å²) in [6, 6.07) is 1.60. The van der Waals surface area contributed by atoms with Crippen molar-refractivity contribution in [1.29, 1.82) is 0 Å². The molecule has 16 heavy (non-hydrogen) atoms. The predicted molar refractivity (Wildman–Crippen MR) is 63.3 cm³/mol. The highest BCUT2D eigenvalue weighted by molar-refractivity contribution is 7.91. The van der Waals surface area contributed by atoms with Gasteiger partial charge in [-0.2, -0.15) is 0 Å². The van der Waals surface area contributed by atoms with E-state index < -0.39 is 15.8 Å². The molecule has 0 aliphatic heterocycles. The molecule has 1 aromatic rings. The Bertz CT molecular complexity index is 464. The van der Waals surface area contributed by atoms with E-state index in [2.05, 4.69) is 0 Å². The molecule has 0 aliphatic carbocycles. The fourth-order valence-corrected chi connectivity index (χ4v) is 2.29. The van der Waals surface area contributed by atoms with E-state index in [9.17, 15) is 13.2 Å². The second-order valence-electron chi connectivity index (χ2n) is 3.08. The summed E-state index contributed by atoms with van der Waals surface area (Å²) in [5.41, 5.74) is 5.87. The highest BCUT2D eigenvalue weighted by Crippen LogP contribution is 2.19. The summed E-state index contributed by atoms with van der Waals surface area (Å²) in [7, 11) is -3.10. The molecule has 0 aliphatic rings. The first kappa shape index (κ1) is 13.0. The van der Waals surface area contributed by atoms with Crippen LogP contribution in [-0.4, -0.2) is 32.5 Å². The van der Waals surface area contributed by atoms with Crippen LogP contribution < -0.4 is 5.73 Å². The van der Waals surface area contributed by atoms with Crippen molar-refractivity contribution < 1.29 is 17.9 Å². The Morgan fingerprint density at radius 2 is 2.25 bits per heavy atom. The van der Waals surface area contributed by atoms with Gasteiger partial charge in [0.05, 0.1) is 11.4 Å². The molecule has 1 aromatic heterocycles. The van der Waals surface area contributed by atoms with Gasteiger partial charge in [0, 0.05) is 5.75 Å². The summed E-state index contributed by atoms with van der Waals surface area (Å²) in [6.45, 7) is 1.42. The van der Waals surface area contributed by atoms with E-state index in [0.29, 0.717) is 10.6 Å². The molecule has 0 saturated heterocycles. The monoisotopic (exact) mass is 263 g/mol. The molecule has 1 heterocycles. The van der Waals surface area contributed by atoms with Crippen LogP contribution >= 0.6 is 11.3 Å². The highest BCUT2D eigenvalue weighted by atomic mass is 32.2. The molecule has 0 saturated carbocycles. The molecule has 0 bridgehead atoms. The van der Waals surface area contributed by atoms with Crippen LogP contribution in [-0.2, 0) is 14.6 Å². The van der Waals surface area contributed by atoms with Crippen LogP contribution in [0.2, 0.25) is 0 Å². The molecule has 90 valence electrons. The SMILES string of the molecule is CCS(=O)(=O)CCOC(=O)c1sccc1N. The molecule has 2 N–H and O–H groups in total. The highest BCUT2D eigenvalue weighted by Gasteiger charge is 2.14. The molecule has 0 unspecified atom stereocenters. The number of hydrogen-bond acceptors (Lipinski definition) is 6. The minimum atomic E-state index is -3.10. The zero-order valence-corrected chi connectivity index (χ0v) is 10.4. The summed E-state index contributed by atoms with van der Waals surface area (Å²) in [4.78, 5) is 11.7. The maximum Gasteiger partial charge on any atom is 0.350 e. The zero-order valence-electron chi connectivity index (χ0n) is 8.80. The number of nitrogens with two attached hydrogens (primary N) is 1. The molecule has 1 rings (SSSR count). The van der Waals surface area contributed by atoms with Gasteiger partial charge in [-0.05, 0) is 11.4 Å². The minimum Gasteiger partial charge on any atom is -0.460 e. The van der Waals surface area contributed by atoms with Crippen LogP contribution in [0.5, 0.6) is 0 Å². The summed E-state index contributed by atoms with van der Waals surface area (Å²) in [5, 5.41) is 1.68. The normalized spacial score (nSPS) is 11.3. The molecule has 0 amide bonds. The third-order valence-corrected chi connectivity index (χ3v) is 4.53. The van der Waals surface area contributed by atoms with E-state index in [1.807, 2.05) is 0 Å². The molecule has 0 atom stereocenters. The van der Waals surface area contributed by atoms with Gasteiger partial charge in [-0.3, -0.25) is 0 Å². The van der Waals surface area contributed by atoms with Crippen molar-refractivity contribution in [3.05, 3.63) is 16.3 Å². The Morgan fingerprint density at radius 3 is 2.75 bits per heavy atom. The van der Waals surface area contributed by atoms with Gasteiger partial charge < -0.3 is 10.5 Å². The van der Waals surface area contributed by atoms with Gasteiger partial charge in [0.1, 0.15) is 11.5 Å². The quantitative estimate of drug-likeness (QED) is 0.798. The van der Waals surface area contributed by atoms with Crippen LogP contribution in [0, 0.1) is 0 Å². The van der Waals surface area contributed by atoms with Crippen LogP contribution in [0.3, 0.4) is 0 Å². The number of ether oxygens (including phenoxy) is 1. The Labute approximate surface area is 98.1 Å². The lowest BCUT2D eigenvalue weighted by molar-refractivity contribution is 0.0536. The third-order valence-electron chi connectivity index (χ3n) is 1.95. The van der Waals surface area contributed by atoms with Crippen molar-refractivity contribution in [2.45, 2.75) is 6.92 Å². The molecular formula is C9H13NO4S2. The zero-order chi connectivity index (χ0) is 12.2. The van der Waals surface area contributed by atoms with E-state index >= 15 is 0 Å². The Balaban J connectivity index is 2.46. The van der Waals surface area contributed by atoms with Crippen LogP contribution in [0.1, 0.15) is 16.6 Å². The van der Waals surface area contributed by atoms with Crippen molar-refractivity contribution >= 4 is 32.8 Å². The van der Waals surface area contributed by atoms with Crippen LogP contribution in [0.4, 0.5) is 5.69 Å². The molecule has 0 fully saturated rings. The van der Waals surface area contributed by atoms with Gasteiger partial charge in [-0.25, -0.2) is 13.2 Å². The van der Waals surface area contributed by atoms with E-state index in [1.54, 1.807) is 18.4 Å². The van der Waals surface area contributed by atoms with Gasteiger partial charge in [-0.15, -0.1) is 11.3 Å². The number of rotatable bonds is 5. The Hall–Kier alpha value is -1.08. The molecule has 0 spiro atoms. The molecule has 0 aromatic carbocycles. The molecule has 7 heteroatoms. The second-order valence-corrected chi connectivity index (χ2v) is 6.47. The van der Waals surface area contributed by atoms with E-state index in [1.165, 1.54) is 11.3 Å². The maximum atomic E-state index is 11.4. The second kappa shape index (κ2) is 5.31. The predicted octanol–water partition coefficient (Wildman–Crippen LogP) is 0.922. The van der Waals surface area contributed by atoms with Crippen LogP contribution in [0.25, 0.3) is 0 Å². The van der Waals surface area contributed by atoms with Gasteiger partial charge in [0.2, 0.25) is 0 Å². The van der Waals surface area contributed by atoms with Crippen molar-refractivity contribution in [1.82, 2.24) is 0 Å². The smallest absolute Gasteiger partial charge is 0.350 e. The number of esters is 1. The average Bonchev–Trinajstić information content (AvgIpc) is 2.64. The average molecular weight is 263 g/mol. The number of carbonyl (C=O) groups excluding carboxylic acids is 1. The first-order valence-corrected chi connectivity index (χ1v) is 7.37. The Morgan fingerprint density at radius 1 is 1.56 bits per heavy atom. The molecular weight excluding hydrogens is 250 g/mol. The van der Waals surface area contributed by atoms with Gasteiger partial charge in [-0.1, -0.05) is 6.92 Å². The number of sulfone groups is 1. The summed E-state index contributed by atoms with van der Waals surface area (Å²) < 4.78 is 27.1. The number of hydrogen-bond donors (Lipinski definition) is 1. The lowest BCUT2D eigenvalue weighted by Crippen LogP contribution is -2.16. The maximum absolute atomic E-state index is 11.4. The number of carbonyl (C=O) groups is 1. The van der Waals surface area contributed by atoms with E-state index in [-0.39, 0.29) is 18.1 Å². The van der Waals surface area contributed by atoms with Crippen molar-refractivity contribution in [2.24, 2.45) is 0 Å². The molecule has 0 radical (unpaired) electrons. The lowest BCUT2D eigenvalue weighted by Gasteiger charge is -2.03. The van der Waals surface area contributed by atoms with E-state index in [0.717, 1.165) is 0 Å². The standard InChI is InChI=1S/C9H13NO4S2/c1-2-16(12,13)6-4-14-9(11)8-7(10)3-5-15-8/h3,5H,2,4,6,10H2,1H3. The first-order chi connectivity index (χ1) is 7.46. The summed E-state index contributed by atoms with van der Waals surface area (Å²) >= 11 is 1.17. The van der Waals surface area contributed by atoms with E-state index in [4.69, 9.17) is 10.5 Å². The molecule has 5 nitrogen and oxygen atoms in total. The fourth-order valence-electron chi connectivity index (χ4n) is 0.956. The van der Waals surface area contributed by atoms with Gasteiger partial charge in [0.25, 0.3) is 0 Å². The van der Waals surface area contributed by atoms with Gasteiger partial charge >= 0.3 is 5.97 Å². The van der Waals surface area contributed by atoms with Crippen molar-refractivity contribution in [2.75, 3.05) is 23.8 Å². The summed E-state index contributed by atoms with van der Waals surface area (Å²) in [5.74, 6) is -0.676. The number of anilines is 1. The first-order valence-electron chi connectivity index (χ1n) is 4.67. The Kier molecular flexibility index (Phi) is 4.31. The number of thiophene rings is 1. The van der Waals surface area contributed by atoms with Crippen molar-refractivity contribution in [3.63, 3.8) is 0 Å². The topological polar surface area (TPSA) is 86.5 Å². The fraction of sp³-hybridized carbons (Fsp3) is 0.444. The lowest BCUT2D eigenvalue weighted by atomic mass is 10.4. The minimum absolute atomic E-state index is 0.0473. The van der Waals surface area contributed by atoms with Crippen molar-refractivity contribution in [3.8, 4) is 0 Å². The largest absolute Gasteiger partial charge is 0.460 e. The van der Waals surface area contributed by atoms with Gasteiger partial charge in [0.15, 0.2) is 9.84 Å². The third kappa shape index (κ3) is 3.49.